The van der Waals surface area contributed by atoms with E-state index in [1.807, 2.05) is 23.1 Å². The summed E-state index contributed by atoms with van der Waals surface area (Å²) in [6, 6.07) is 10.2. The zero-order valence-electron chi connectivity index (χ0n) is 13.9. The fourth-order valence-corrected chi connectivity index (χ4v) is 3.80. The van der Waals surface area contributed by atoms with Crippen molar-refractivity contribution >= 4 is 15.9 Å². The normalized spacial score (nSPS) is 21.9. The highest BCUT2D eigenvalue weighted by molar-refractivity contribution is 7.90. The standard InChI is InChI=1S/C17H26N2O3S/c1-17(15-8-4-3-5-9-15)10-6-12-19(14-17)16(20)18-11-7-13-23(2,21)22/h3-5,8-9H,6-7,10-14H2,1-2H3,(H,18,20). The zero-order valence-corrected chi connectivity index (χ0v) is 14.7. The molecule has 1 unspecified atom stereocenters. The first kappa shape index (κ1) is 17.8. The molecule has 1 N–H and O–H groups in total. The topological polar surface area (TPSA) is 66.5 Å². The number of piperidine rings is 1. The van der Waals surface area contributed by atoms with Crippen LogP contribution in [0.5, 0.6) is 0 Å². The molecule has 5 nitrogen and oxygen atoms in total. The third kappa shape index (κ3) is 5.23. The van der Waals surface area contributed by atoms with E-state index >= 15 is 0 Å². The summed E-state index contributed by atoms with van der Waals surface area (Å²) in [5, 5.41) is 2.84. The number of carbonyl (C=O) groups excluding carboxylic acids is 1. The van der Waals surface area contributed by atoms with Crippen molar-refractivity contribution in [3.8, 4) is 0 Å². The molecule has 1 saturated heterocycles. The van der Waals surface area contributed by atoms with Crippen LogP contribution in [-0.4, -0.2) is 51.0 Å². The second-order valence-electron chi connectivity index (χ2n) is 6.67. The van der Waals surface area contributed by atoms with Crippen molar-refractivity contribution in [2.45, 2.75) is 31.6 Å². The van der Waals surface area contributed by atoms with Gasteiger partial charge < -0.3 is 10.2 Å². The smallest absolute Gasteiger partial charge is 0.317 e. The van der Waals surface area contributed by atoms with Gasteiger partial charge in [-0.25, -0.2) is 13.2 Å². The lowest BCUT2D eigenvalue weighted by atomic mass is 9.76. The molecule has 0 aromatic heterocycles. The molecule has 6 heteroatoms. The van der Waals surface area contributed by atoms with Gasteiger partial charge in [-0.05, 0) is 24.8 Å². The van der Waals surface area contributed by atoms with Crippen LogP contribution in [-0.2, 0) is 15.3 Å². The van der Waals surface area contributed by atoms with Gasteiger partial charge in [-0.1, -0.05) is 37.3 Å². The number of urea groups is 1. The van der Waals surface area contributed by atoms with E-state index in [1.54, 1.807) is 0 Å². The Morgan fingerprint density at radius 3 is 2.65 bits per heavy atom. The second kappa shape index (κ2) is 7.34. The van der Waals surface area contributed by atoms with E-state index in [-0.39, 0.29) is 17.2 Å². The highest BCUT2D eigenvalue weighted by atomic mass is 32.2. The van der Waals surface area contributed by atoms with Crippen LogP contribution in [0.15, 0.2) is 30.3 Å². The Bertz CT molecular complexity index is 630. The molecule has 0 saturated carbocycles. The summed E-state index contributed by atoms with van der Waals surface area (Å²) in [6.07, 6.45) is 3.70. The summed E-state index contributed by atoms with van der Waals surface area (Å²) in [4.78, 5) is 14.2. The number of rotatable bonds is 5. The van der Waals surface area contributed by atoms with E-state index in [4.69, 9.17) is 0 Å². The molecule has 1 aliphatic heterocycles. The molecule has 0 bridgehead atoms. The maximum atomic E-state index is 12.3. The minimum atomic E-state index is -2.97. The number of carbonyl (C=O) groups is 1. The minimum Gasteiger partial charge on any atom is -0.338 e. The van der Waals surface area contributed by atoms with E-state index in [1.165, 1.54) is 11.8 Å². The van der Waals surface area contributed by atoms with Gasteiger partial charge >= 0.3 is 6.03 Å². The zero-order chi connectivity index (χ0) is 16.9. The predicted octanol–water partition coefficient (Wildman–Crippen LogP) is 2.18. The number of sulfone groups is 1. The van der Waals surface area contributed by atoms with Gasteiger partial charge in [0.15, 0.2) is 0 Å². The lowest BCUT2D eigenvalue weighted by Crippen LogP contribution is -2.50. The van der Waals surface area contributed by atoms with Crippen LogP contribution in [0.4, 0.5) is 4.79 Å². The van der Waals surface area contributed by atoms with Gasteiger partial charge in [0.1, 0.15) is 9.84 Å². The van der Waals surface area contributed by atoms with Gasteiger partial charge in [0.05, 0.1) is 5.75 Å². The minimum absolute atomic E-state index is 0.0242. The van der Waals surface area contributed by atoms with E-state index in [0.717, 1.165) is 19.4 Å². The Labute approximate surface area is 139 Å². The number of benzene rings is 1. The van der Waals surface area contributed by atoms with Crippen molar-refractivity contribution in [3.63, 3.8) is 0 Å². The Hall–Kier alpha value is -1.56. The van der Waals surface area contributed by atoms with Crippen LogP contribution >= 0.6 is 0 Å². The third-order valence-electron chi connectivity index (χ3n) is 4.42. The summed E-state index contributed by atoms with van der Waals surface area (Å²) < 4.78 is 22.2. The van der Waals surface area contributed by atoms with Crippen molar-refractivity contribution in [2.24, 2.45) is 0 Å². The van der Waals surface area contributed by atoms with Crippen LogP contribution < -0.4 is 5.32 Å². The van der Waals surface area contributed by atoms with Crippen molar-refractivity contribution in [1.82, 2.24) is 10.2 Å². The summed E-state index contributed by atoms with van der Waals surface area (Å²) in [5.41, 5.74) is 1.23. The molecule has 23 heavy (non-hydrogen) atoms. The second-order valence-corrected chi connectivity index (χ2v) is 8.93. The first-order valence-corrected chi connectivity index (χ1v) is 10.1. The van der Waals surface area contributed by atoms with Crippen LogP contribution in [0.2, 0.25) is 0 Å². The fourth-order valence-electron chi connectivity index (χ4n) is 3.13. The average molecular weight is 338 g/mol. The number of amides is 2. The molecule has 2 amide bonds. The van der Waals surface area contributed by atoms with Crippen molar-refractivity contribution in [3.05, 3.63) is 35.9 Å². The molecule has 0 spiro atoms. The van der Waals surface area contributed by atoms with E-state index in [0.29, 0.717) is 19.5 Å². The molecule has 1 aromatic rings. The Morgan fingerprint density at radius 2 is 2.00 bits per heavy atom. The van der Waals surface area contributed by atoms with E-state index < -0.39 is 9.84 Å². The third-order valence-corrected chi connectivity index (χ3v) is 5.45. The maximum absolute atomic E-state index is 12.3. The monoisotopic (exact) mass is 338 g/mol. The lowest BCUT2D eigenvalue weighted by molar-refractivity contribution is 0.156. The van der Waals surface area contributed by atoms with Crippen LogP contribution in [0, 0.1) is 0 Å². The quantitative estimate of drug-likeness (QED) is 0.837. The molecule has 1 aromatic carbocycles. The molecule has 1 heterocycles. The van der Waals surface area contributed by atoms with E-state index in [2.05, 4.69) is 24.4 Å². The predicted molar refractivity (Wildman–Crippen MR) is 92.3 cm³/mol. The summed E-state index contributed by atoms with van der Waals surface area (Å²) in [6.45, 7) is 4.03. The summed E-state index contributed by atoms with van der Waals surface area (Å²) in [5.74, 6) is 0.106. The Morgan fingerprint density at radius 1 is 1.30 bits per heavy atom. The van der Waals surface area contributed by atoms with Crippen molar-refractivity contribution in [2.75, 3.05) is 31.6 Å². The van der Waals surface area contributed by atoms with Gasteiger partial charge in [-0.2, -0.15) is 0 Å². The van der Waals surface area contributed by atoms with Crippen LogP contribution in [0.1, 0.15) is 31.7 Å². The number of hydrogen-bond acceptors (Lipinski definition) is 3. The van der Waals surface area contributed by atoms with Gasteiger partial charge in [-0.15, -0.1) is 0 Å². The number of nitrogens with zero attached hydrogens (tertiary/aromatic N) is 1. The van der Waals surface area contributed by atoms with E-state index in [9.17, 15) is 13.2 Å². The van der Waals surface area contributed by atoms with Gasteiger partial charge in [0.25, 0.3) is 0 Å². The molecule has 128 valence electrons. The molecule has 1 aliphatic rings. The number of nitrogens with one attached hydrogen (secondary N) is 1. The molecule has 0 aliphatic carbocycles. The van der Waals surface area contributed by atoms with Gasteiger partial charge in [0, 0.05) is 31.3 Å². The van der Waals surface area contributed by atoms with Crippen LogP contribution in [0.25, 0.3) is 0 Å². The highest BCUT2D eigenvalue weighted by Gasteiger charge is 2.34. The molecular weight excluding hydrogens is 312 g/mol. The molecule has 1 fully saturated rings. The Balaban J connectivity index is 1.89. The molecule has 2 rings (SSSR count). The maximum Gasteiger partial charge on any atom is 0.317 e. The van der Waals surface area contributed by atoms with Crippen LogP contribution in [0.3, 0.4) is 0 Å². The largest absolute Gasteiger partial charge is 0.338 e. The first-order chi connectivity index (χ1) is 10.8. The van der Waals surface area contributed by atoms with Gasteiger partial charge in [-0.3, -0.25) is 0 Å². The first-order valence-electron chi connectivity index (χ1n) is 8.06. The van der Waals surface area contributed by atoms with Crippen molar-refractivity contribution < 1.29 is 13.2 Å². The SMILES string of the molecule is CC1(c2ccccc2)CCCN(C(=O)NCCCS(C)(=O)=O)C1. The molecule has 1 atom stereocenters. The fraction of sp³-hybridized carbons (Fsp3) is 0.588. The Kier molecular flexibility index (Phi) is 5.68. The number of hydrogen-bond donors (Lipinski definition) is 1. The lowest BCUT2D eigenvalue weighted by Gasteiger charge is -2.41. The van der Waals surface area contributed by atoms with Gasteiger partial charge in [0.2, 0.25) is 0 Å². The summed E-state index contributed by atoms with van der Waals surface area (Å²) >= 11 is 0. The molecular formula is C17H26N2O3S. The molecule has 0 radical (unpaired) electrons. The highest BCUT2D eigenvalue weighted by Crippen LogP contribution is 2.33. The average Bonchev–Trinajstić information content (AvgIpc) is 2.51. The number of likely N-dealkylation sites (tertiary alicyclic amines) is 1. The summed E-state index contributed by atoms with van der Waals surface area (Å²) in [7, 11) is -2.97. The van der Waals surface area contributed by atoms with Crippen molar-refractivity contribution in [1.29, 1.82) is 0 Å².